The van der Waals surface area contributed by atoms with E-state index in [-0.39, 0.29) is 5.91 Å². The number of hydrogen-bond acceptors (Lipinski definition) is 6. The average Bonchev–Trinajstić information content (AvgIpc) is 3.09. The van der Waals surface area contributed by atoms with Crippen molar-refractivity contribution >= 4 is 22.9 Å². The van der Waals surface area contributed by atoms with Crippen LogP contribution in [-0.2, 0) is 6.54 Å². The summed E-state index contributed by atoms with van der Waals surface area (Å²) in [5, 5.41) is 3.63. The van der Waals surface area contributed by atoms with Crippen LogP contribution in [-0.4, -0.2) is 38.8 Å². The van der Waals surface area contributed by atoms with Crippen LogP contribution in [0.3, 0.4) is 0 Å². The second-order valence-corrected chi connectivity index (χ2v) is 7.12. The maximum absolute atomic E-state index is 12.7. The molecule has 27 heavy (non-hydrogen) atoms. The lowest BCUT2D eigenvalue weighted by molar-refractivity contribution is 0.103. The summed E-state index contributed by atoms with van der Waals surface area (Å²) >= 11 is 1.31. The molecule has 1 aromatic carbocycles. The third-order valence-corrected chi connectivity index (χ3v) is 5.40. The zero-order valence-electron chi connectivity index (χ0n) is 15.8. The van der Waals surface area contributed by atoms with E-state index in [1.807, 2.05) is 25.1 Å². The van der Waals surface area contributed by atoms with Crippen LogP contribution in [0, 0.1) is 6.92 Å². The molecule has 0 fully saturated rings. The van der Waals surface area contributed by atoms with Gasteiger partial charge in [-0.05, 0) is 43.8 Å². The first-order valence-corrected chi connectivity index (χ1v) is 9.79. The van der Waals surface area contributed by atoms with Crippen LogP contribution in [0.15, 0.2) is 42.7 Å². The number of aromatic nitrogens is 3. The molecule has 0 saturated carbocycles. The highest BCUT2D eigenvalue weighted by Gasteiger charge is 2.17. The van der Waals surface area contributed by atoms with Gasteiger partial charge in [0.1, 0.15) is 4.88 Å². The Hall–Kier alpha value is -2.64. The predicted octanol–water partition coefficient (Wildman–Crippen LogP) is 4.00. The van der Waals surface area contributed by atoms with Gasteiger partial charge in [0.15, 0.2) is 10.8 Å². The molecule has 0 radical (unpaired) electrons. The Labute approximate surface area is 163 Å². The van der Waals surface area contributed by atoms with Crippen molar-refractivity contribution in [2.24, 2.45) is 0 Å². The number of anilines is 1. The number of carbonyl (C=O) groups excluding carboxylic acids is 1. The van der Waals surface area contributed by atoms with E-state index < -0.39 is 0 Å². The molecule has 0 bridgehead atoms. The van der Waals surface area contributed by atoms with Crippen LogP contribution in [0.4, 0.5) is 5.69 Å². The van der Waals surface area contributed by atoms with Gasteiger partial charge >= 0.3 is 0 Å². The maximum atomic E-state index is 12.7. The van der Waals surface area contributed by atoms with Crippen molar-refractivity contribution in [2.45, 2.75) is 27.3 Å². The van der Waals surface area contributed by atoms with Crippen LogP contribution in [0.25, 0.3) is 10.8 Å². The molecule has 0 aliphatic carbocycles. The smallest absolute Gasteiger partial charge is 0.267 e. The normalized spacial score (nSPS) is 11.0. The summed E-state index contributed by atoms with van der Waals surface area (Å²) in [6, 6.07) is 9.73. The highest BCUT2D eigenvalue weighted by molar-refractivity contribution is 7.17. The molecule has 2 heterocycles. The largest absolute Gasteiger partial charge is 0.321 e. The number of rotatable bonds is 7. The molecule has 0 unspecified atom stereocenters. The van der Waals surface area contributed by atoms with Gasteiger partial charge in [-0.1, -0.05) is 26.0 Å². The molecule has 6 nitrogen and oxygen atoms in total. The topological polar surface area (TPSA) is 71.0 Å². The van der Waals surface area contributed by atoms with Crippen LogP contribution in [0.1, 0.15) is 34.8 Å². The summed E-state index contributed by atoms with van der Waals surface area (Å²) in [4.78, 5) is 28.5. The van der Waals surface area contributed by atoms with E-state index in [9.17, 15) is 4.79 Å². The minimum atomic E-state index is -0.160. The van der Waals surface area contributed by atoms with Gasteiger partial charge in [0.25, 0.3) is 5.91 Å². The summed E-state index contributed by atoms with van der Waals surface area (Å²) in [6.07, 6.45) is 3.33. The first kappa shape index (κ1) is 19.1. The Balaban J connectivity index is 1.75. The third-order valence-electron chi connectivity index (χ3n) is 4.25. The van der Waals surface area contributed by atoms with Gasteiger partial charge in [-0.3, -0.25) is 9.69 Å². The number of amides is 1. The number of nitrogens with one attached hydrogen (secondary N) is 1. The quantitative estimate of drug-likeness (QED) is 0.670. The van der Waals surface area contributed by atoms with Gasteiger partial charge in [-0.15, -0.1) is 11.3 Å². The second kappa shape index (κ2) is 8.83. The number of aryl methyl sites for hydroxylation is 1. The molecule has 1 amide bonds. The van der Waals surface area contributed by atoms with Gasteiger partial charge < -0.3 is 5.32 Å². The molecule has 1 N–H and O–H groups in total. The van der Waals surface area contributed by atoms with Crippen molar-refractivity contribution in [2.75, 3.05) is 18.4 Å². The molecule has 2 aromatic heterocycles. The summed E-state index contributed by atoms with van der Waals surface area (Å²) < 4.78 is 0. The molecule has 3 aromatic rings. The van der Waals surface area contributed by atoms with E-state index in [0.717, 1.165) is 25.3 Å². The number of benzene rings is 1. The third kappa shape index (κ3) is 4.75. The Kier molecular flexibility index (Phi) is 6.26. The lowest BCUT2D eigenvalue weighted by atomic mass is 10.2. The molecular weight excluding hydrogens is 358 g/mol. The Morgan fingerprint density at radius 3 is 2.59 bits per heavy atom. The lowest BCUT2D eigenvalue weighted by Crippen LogP contribution is -2.22. The monoisotopic (exact) mass is 381 g/mol. The summed E-state index contributed by atoms with van der Waals surface area (Å²) in [5.41, 5.74) is 2.64. The number of nitrogens with zero attached hydrogens (tertiary/aromatic N) is 4. The zero-order chi connectivity index (χ0) is 19.2. The van der Waals surface area contributed by atoms with Crippen molar-refractivity contribution < 1.29 is 4.79 Å². The number of thiazole rings is 1. The summed E-state index contributed by atoms with van der Waals surface area (Å²) in [7, 11) is 0. The van der Waals surface area contributed by atoms with E-state index >= 15 is 0 Å². The summed E-state index contributed by atoms with van der Waals surface area (Å²) in [5.74, 6) is 0.373. The fraction of sp³-hybridized carbons (Fsp3) is 0.300. The number of hydrogen-bond donors (Lipinski definition) is 1. The van der Waals surface area contributed by atoms with E-state index in [2.05, 4.69) is 45.1 Å². The van der Waals surface area contributed by atoms with Crippen LogP contribution >= 0.6 is 11.3 Å². The molecule has 0 atom stereocenters. The lowest BCUT2D eigenvalue weighted by Gasteiger charge is -2.18. The first-order chi connectivity index (χ1) is 13.1. The summed E-state index contributed by atoms with van der Waals surface area (Å²) in [6.45, 7) is 8.99. The Morgan fingerprint density at radius 2 is 1.89 bits per heavy atom. The van der Waals surface area contributed by atoms with E-state index in [4.69, 9.17) is 0 Å². The zero-order valence-corrected chi connectivity index (χ0v) is 16.6. The van der Waals surface area contributed by atoms with Crippen molar-refractivity contribution in [1.82, 2.24) is 19.9 Å². The maximum Gasteiger partial charge on any atom is 0.267 e. The Bertz CT molecular complexity index is 906. The minimum Gasteiger partial charge on any atom is -0.321 e. The van der Waals surface area contributed by atoms with Gasteiger partial charge in [0, 0.05) is 24.6 Å². The molecule has 3 rings (SSSR count). The van der Waals surface area contributed by atoms with Crippen LogP contribution in [0.2, 0.25) is 0 Å². The van der Waals surface area contributed by atoms with Crippen molar-refractivity contribution in [3.8, 4) is 10.8 Å². The van der Waals surface area contributed by atoms with Gasteiger partial charge in [0.05, 0.1) is 5.69 Å². The van der Waals surface area contributed by atoms with Gasteiger partial charge in [-0.25, -0.2) is 15.0 Å². The van der Waals surface area contributed by atoms with E-state index in [1.165, 1.54) is 16.9 Å². The van der Waals surface area contributed by atoms with Gasteiger partial charge in [0.2, 0.25) is 0 Å². The van der Waals surface area contributed by atoms with Crippen molar-refractivity contribution in [3.63, 3.8) is 0 Å². The second-order valence-electron chi connectivity index (χ2n) is 6.12. The van der Waals surface area contributed by atoms with Crippen LogP contribution in [0.5, 0.6) is 0 Å². The first-order valence-electron chi connectivity index (χ1n) is 8.98. The molecule has 0 spiro atoms. The minimum absolute atomic E-state index is 0.160. The van der Waals surface area contributed by atoms with Crippen molar-refractivity contribution in [1.29, 1.82) is 0 Å². The molecule has 140 valence electrons. The van der Waals surface area contributed by atoms with E-state index in [1.54, 1.807) is 18.5 Å². The van der Waals surface area contributed by atoms with E-state index in [0.29, 0.717) is 21.4 Å². The highest BCUT2D eigenvalue weighted by Crippen LogP contribution is 2.26. The van der Waals surface area contributed by atoms with Crippen LogP contribution < -0.4 is 5.32 Å². The fourth-order valence-corrected chi connectivity index (χ4v) is 3.66. The number of carbonyl (C=O) groups is 1. The molecule has 0 aliphatic rings. The Morgan fingerprint density at radius 1 is 1.15 bits per heavy atom. The highest BCUT2D eigenvalue weighted by atomic mass is 32.1. The molecule has 7 heteroatoms. The molecular formula is C20H23N5OS. The van der Waals surface area contributed by atoms with Crippen molar-refractivity contribution in [3.05, 3.63) is 58.9 Å². The van der Waals surface area contributed by atoms with Gasteiger partial charge in [-0.2, -0.15) is 0 Å². The standard InChI is InChI=1S/C20H23N5OS/c1-4-25(5-2)13-15-8-6-9-16(12-15)24-19(26)17-14(3)23-20(27-17)18-21-10-7-11-22-18/h6-12H,4-5,13H2,1-3H3,(H,24,26). The molecule has 0 aliphatic heterocycles. The SMILES string of the molecule is CCN(CC)Cc1cccc(NC(=O)c2sc(-c3ncccn3)nc2C)c1. The molecule has 0 saturated heterocycles. The average molecular weight is 382 g/mol. The fourth-order valence-electron chi connectivity index (χ4n) is 2.75. The predicted molar refractivity (Wildman–Crippen MR) is 109 cm³/mol.